The van der Waals surface area contributed by atoms with Crippen molar-refractivity contribution < 1.29 is 19.1 Å². The molecule has 1 unspecified atom stereocenters. The van der Waals surface area contributed by atoms with Gasteiger partial charge < -0.3 is 5.11 Å². The van der Waals surface area contributed by atoms with Gasteiger partial charge in [-0.1, -0.05) is 32.0 Å². The Morgan fingerprint density at radius 3 is 2.43 bits per heavy atom. The summed E-state index contributed by atoms with van der Waals surface area (Å²) in [6, 6.07) is 12.9. The zero-order valence-electron chi connectivity index (χ0n) is 15.5. The molecule has 28 heavy (non-hydrogen) atoms. The zero-order valence-corrected chi connectivity index (χ0v) is 15.5. The predicted octanol–water partition coefficient (Wildman–Crippen LogP) is 4.21. The molecular formula is C22H19FN2O3. The zero-order chi connectivity index (χ0) is 20.4. The number of carbonyl (C=O) groups excluding carboxylic acids is 2. The second kappa shape index (κ2) is 7.65. The number of hydrogen-bond donors (Lipinski definition) is 1. The number of amides is 1. The number of carbonyl (C=O) groups is 2. The largest absolute Gasteiger partial charge is 0.503 e. The van der Waals surface area contributed by atoms with Crippen LogP contribution in [-0.2, 0) is 9.59 Å². The molecule has 0 aliphatic carbocycles. The third kappa shape index (κ3) is 3.39. The first-order valence-electron chi connectivity index (χ1n) is 8.89. The number of nitriles is 1. The molecule has 0 spiro atoms. The first-order valence-corrected chi connectivity index (χ1v) is 8.89. The van der Waals surface area contributed by atoms with Crippen molar-refractivity contribution in [1.29, 1.82) is 5.26 Å². The molecule has 3 rings (SSSR count). The number of aliphatic hydroxyl groups excluding tert-OH is 1. The highest BCUT2D eigenvalue weighted by molar-refractivity contribution is 6.16. The number of nitrogens with zero attached hydrogens (tertiary/aromatic N) is 2. The van der Waals surface area contributed by atoms with Gasteiger partial charge in [0.1, 0.15) is 5.82 Å². The molecule has 0 aromatic heterocycles. The van der Waals surface area contributed by atoms with Gasteiger partial charge in [0.05, 0.1) is 23.2 Å². The number of Topliss-reactive ketones (excluding diaryl/α,β-unsaturated/α-hetero) is 1. The van der Waals surface area contributed by atoms with E-state index in [1.54, 1.807) is 6.07 Å². The van der Waals surface area contributed by atoms with Gasteiger partial charge in [0.25, 0.3) is 5.91 Å². The number of hydrogen-bond acceptors (Lipinski definition) is 4. The maximum Gasteiger partial charge on any atom is 0.294 e. The standard InChI is InChI=1S/C22H19FN2O3/c1-13(2)11-18(26)19-20(16-5-3-4-6-17(16)23)25(22(28)21(19)27)15-9-7-14(12-24)8-10-15/h3-10,13,20,27H,11H2,1-2H3. The maximum absolute atomic E-state index is 14.6. The molecular weight excluding hydrogens is 359 g/mol. The van der Waals surface area contributed by atoms with Crippen LogP contribution in [0.15, 0.2) is 59.9 Å². The first-order chi connectivity index (χ1) is 13.3. The van der Waals surface area contributed by atoms with E-state index in [-0.39, 0.29) is 23.5 Å². The van der Waals surface area contributed by atoms with Crippen molar-refractivity contribution in [2.24, 2.45) is 5.92 Å². The van der Waals surface area contributed by atoms with Crippen molar-refractivity contribution in [3.63, 3.8) is 0 Å². The third-order valence-electron chi connectivity index (χ3n) is 4.58. The molecule has 6 heteroatoms. The van der Waals surface area contributed by atoms with Gasteiger partial charge in [0, 0.05) is 17.7 Å². The Kier molecular flexibility index (Phi) is 5.27. The molecule has 0 bridgehead atoms. The molecule has 142 valence electrons. The lowest BCUT2D eigenvalue weighted by Crippen LogP contribution is -2.31. The lowest BCUT2D eigenvalue weighted by Gasteiger charge is -2.27. The molecule has 2 aromatic carbocycles. The Labute approximate surface area is 162 Å². The highest BCUT2D eigenvalue weighted by atomic mass is 19.1. The van der Waals surface area contributed by atoms with Gasteiger partial charge in [-0.2, -0.15) is 5.26 Å². The van der Waals surface area contributed by atoms with E-state index >= 15 is 0 Å². The summed E-state index contributed by atoms with van der Waals surface area (Å²) in [5.41, 5.74) is 0.770. The van der Waals surface area contributed by atoms with Gasteiger partial charge in [0.2, 0.25) is 0 Å². The fourth-order valence-electron chi connectivity index (χ4n) is 3.32. The summed E-state index contributed by atoms with van der Waals surface area (Å²) in [5.74, 6) is -2.41. The van der Waals surface area contributed by atoms with Crippen LogP contribution < -0.4 is 4.90 Å². The number of anilines is 1. The summed E-state index contributed by atoms with van der Waals surface area (Å²) in [7, 11) is 0. The fraction of sp³-hybridized carbons (Fsp3) is 0.227. The number of rotatable bonds is 5. The molecule has 0 radical (unpaired) electrons. The number of aliphatic hydroxyl groups is 1. The minimum absolute atomic E-state index is 0.00753. The fourth-order valence-corrected chi connectivity index (χ4v) is 3.32. The number of ketones is 1. The minimum atomic E-state index is -1.08. The van der Waals surface area contributed by atoms with E-state index in [4.69, 9.17) is 5.26 Å². The number of halogens is 1. The van der Waals surface area contributed by atoms with Crippen LogP contribution in [0, 0.1) is 23.1 Å². The summed E-state index contributed by atoms with van der Waals surface area (Å²) in [5, 5.41) is 19.5. The van der Waals surface area contributed by atoms with Crippen molar-refractivity contribution in [2.45, 2.75) is 26.3 Å². The lowest BCUT2D eigenvalue weighted by molar-refractivity contribution is -0.118. The van der Waals surface area contributed by atoms with Crippen LogP contribution >= 0.6 is 0 Å². The second-order valence-corrected chi connectivity index (χ2v) is 7.04. The highest BCUT2D eigenvalue weighted by Crippen LogP contribution is 2.42. The Balaban J connectivity index is 2.16. The van der Waals surface area contributed by atoms with Crippen LogP contribution in [0.5, 0.6) is 0 Å². The van der Waals surface area contributed by atoms with Crippen LogP contribution in [0.2, 0.25) is 0 Å². The van der Waals surface area contributed by atoms with E-state index in [9.17, 15) is 19.1 Å². The van der Waals surface area contributed by atoms with Crippen molar-refractivity contribution >= 4 is 17.4 Å². The average molecular weight is 378 g/mol. The Hall–Kier alpha value is -3.46. The van der Waals surface area contributed by atoms with Crippen molar-refractivity contribution in [3.8, 4) is 6.07 Å². The van der Waals surface area contributed by atoms with E-state index in [2.05, 4.69) is 0 Å². The molecule has 1 atom stereocenters. The summed E-state index contributed by atoms with van der Waals surface area (Å²) in [4.78, 5) is 26.9. The summed E-state index contributed by atoms with van der Waals surface area (Å²) in [6.07, 6.45) is 0.124. The minimum Gasteiger partial charge on any atom is -0.503 e. The summed E-state index contributed by atoms with van der Waals surface area (Å²) in [6.45, 7) is 3.70. The SMILES string of the molecule is CC(C)CC(=O)C1=C(O)C(=O)N(c2ccc(C#N)cc2)C1c1ccccc1F. The van der Waals surface area contributed by atoms with E-state index in [1.165, 1.54) is 47.4 Å². The maximum atomic E-state index is 14.6. The third-order valence-corrected chi connectivity index (χ3v) is 4.58. The Morgan fingerprint density at radius 2 is 1.86 bits per heavy atom. The molecule has 1 amide bonds. The molecule has 1 N–H and O–H groups in total. The molecule has 5 nitrogen and oxygen atoms in total. The lowest BCUT2D eigenvalue weighted by atomic mass is 9.91. The molecule has 0 saturated carbocycles. The Morgan fingerprint density at radius 1 is 1.21 bits per heavy atom. The molecule has 0 saturated heterocycles. The quantitative estimate of drug-likeness (QED) is 0.845. The van der Waals surface area contributed by atoms with Gasteiger partial charge in [-0.15, -0.1) is 0 Å². The van der Waals surface area contributed by atoms with Crippen molar-refractivity contribution in [1.82, 2.24) is 0 Å². The summed E-state index contributed by atoms with van der Waals surface area (Å²) >= 11 is 0. The topological polar surface area (TPSA) is 81.4 Å². The second-order valence-electron chi connectivity index (χ2n) is 7.04. The van der Waals surface area contributed by atoms with Crippen LogP contribution in [0.3, 0.4) is 0 Å². The van der Waals surface area contributed by atoms with E-state index in [0.717, 1.165) is 0 Å². The van der Waals surface area contributed by atoms with Gasteiger partial charge in [-0.25, -0.2) is 4.39 Å². The normalized spacial score (nSPS) is 16.6. The van der Waals surface area contributed by atoms with Crippen molar-refractivity contribution in [2.75, 3.05) is 4.90 Å². The molecule has 1 heterocycles. The van der Waals surface area contributed by atoms with Crippen LogP contribution in [0.4, 0.5) is 10.1 Å². The van der Waals surface area contributed by atoms with E-state index in [0.29, 0.717) is 11.3 Å². The molecule has 2 aromatic rings. The van der Waals surface area contributed by atoms with E-state index in [1.807, 2.05) is 19.9 Å². The van der Waals surface area contributed by atoms with Crippen LogP contribution in [-0.4, -0.2) is 16.8 Å². The van der Waals surface area contributed by atoms with Gasteiger partial charge >= 0.3 is 0 Å². The molecule has 1 aliphatic heterocycles. The number of benzene rings is 2. The van der Waals surface area contributed by atoms with Crippen LogP contribution in [0.25, 0.3) is 0 Å². The van der Waals surface area contributed by atoms with Crippen molar-refractivity contribution in [3.05, 3.63) is 76.8 Å². The van der Waals surface area contributed by atoms with Gasteiger partial charge in [-0.05, 0) is 36.2 Å². The highest BCUT2D eigenvalue weighted by Gasteiger charge is 2.45. The molecule has 0 fully saturated rings. The van der Waals surface area contributed by atoms with Gasteiger partial charge in [-0.3, -0.25) is 14.5 Å². The van der Waals surface area contributed by atoms with Crippen LogP contribution in [0.1, 0.15) is 37.4 Å². The van der Waals surface area contributed by atoms with E-state index < -0.39 is 29.3 Å². The predicted molar refractivity (Wildman–Crippen MR) is 102 cm³/mol. The average Bonchev–Trinajstić information content (AvgIpc) is 2.93. The monoisotopic (exact) mass is 378 g/mol. The van der Waals surface area contributed by atoms with Gasteiger partial charge in [0.15, 0.2) is 11.5 Å². The summed E-state index contributed by atoms with van der Waals surface area (Å²) < 4.78 is 14.6. The first kappa shape index (κ1) is 19.3. The smallest absolute Gasteiger partial charge is 0.294 e. The molecule has 1 aliphatic rings. The Bertz CT molecular complexity index is 1000.